The van der Waals surface area contributed by atoms with Crippen LogP contribution in [0, 0.1) is 0 Å². The zero-order valence-electron chi connectivity index (χ0n) is 17.6. The van der Waals surface area contributed by atoms with Gasteiger partial charge >= 0.3 is 5.97 Å². The molecule has 1 aromatic carbocycles. The second-order valence-electron chi connectivity index (χ2n) is 6.48. The number of rotatable bonds is 9. The summed E-state index contributed by atoms with van der Waals surface area (Å²) < 4.78 is 15.8. The van der Waals surface area contributed by atoms with Crippen molar-refractivity contribution in [2.75, 3.05) is 23.0 Å². The number of benzene rings is 1. The fraction of sp³-hybridized carbons (Fsp3) is 0.143. The normalized spacial score (nSPS) is 10.6. The van der Waals surface area contributed by atoms with Gasteiger partial charge in [-0.25, -0.2) is 4.79 Å². The molecule has 0 bridgehead atoms. The van der Waals surface area contributed by atoms with Crippen molar-refractivity contribution in [2.45, 2.75) is 11.3 Å². The number of amides is 2. The van der Waals surface area contributed by atoms with Crippen LogP contribution in [0.5, 0.6) is 0 Å². The lowest BCUT2D eigenvalue weighted by Crippen LogP contribution is -2.17. The second-order valence-corrected chi connectivity index (χ2v) is 8.68. The second kappa shape index (κ2) is 10.8. The monoisotopic (exact) mass is 499 g/mol. The number of nitrogens with zero attached hydrogens (tertiary/aromatic N) is 3. The van der Waals surface area contributed by atoms with E-state index in [1.54, 1.807) is 43.3 Å². The van der Waals surface area contributed by atoms with Crippen LogP contribution in [0.4, 0.5) is 10.8 Å². The van der Waals surface area contributed by atoms with E-state index in [-0.39, 0.29) is 34.7 Å². The van der Waals surface area contributed by atoms with Gasteiger partial charge in [0, 0.05) is 6.07 Å². The maximum Gasteiger partial charge on any atom is 0.340 e. The van der Waals surface area contributed by atoms with Crippen molar-refractivity contribution in [2.24, 2.45) is 0 Å². The summed E-state index contributed by atoms with van der Waals surface area (Å²) in [6.07, 6.45) is 1.48. The number of hydrogen-bond acceptors (Lipinski definition) is 11. The Kier molecular flexibility index (Phi) is 7.34. The van der Waals surface area contributed by atoms with Gasteiger partial charge in [-0.1, -0.05) is 40.4 Å². The number of ether oxygens (including phenoxy) is 1. The lowest BCUT2D eigenvalue weighted by atomic mass is 10.2. The third-order valence-electron chi connectivity index (χ3n) is 4.16. The molecule has 34 heavy (non-hydrogen) atoms. The van der Waals surface area contributed by atoms with E-state index in [1.807, 2.05) is 0 Å². The standard InChI is InChI=1S/C21H17N5O6S2/c1-2-30-19(29)12-6-3-4-7-13(12)22-17(27)11-33-21-25-24-20(34-21)23-18(28)14-10-16(32-26-14)15-8-5-9-31-15/h3-10H,2,11H2,1H3,(H,22,27)(H,23,24,28). The van der Waals surface area contributed by atoms with Crippen LogP contribution in [0.15, 0.2) is 62.0 Å². The minimum atomic E-state index is -0.525. The molecule has 3 aromatic heterocycles. The molecule has 0 aliphatic rings. The molecular formula is C21H17N5O6S2. The van der Waals surface area contributed by atoms with E-state index < -0.39 is 11.9 Å². The van der Waals surface area contributed by atoms with Crippen LogP contribution >= 0.6 is 23.1 Å². The van der Waals surface area contributed by atoms with Gasteiger partial charge < -0.3 is 19.0 Å². The first kappa shape index (κ1) is 23.2. The molecule has 2 N–H and O–H groups in total. The van der Waals surface area contributed by atoms with E-state index in [0.717, 1.165) is 23.1 Å². The molecule has 174 valence electrons. The quantitative estimate of drug-likeness (QED) is 0.197. The average molecular weight is 500 g/mol. The minimum absolute atomic E-state index is 0.0233. The zero-order valence-corrected chi connectivity index (χ0v) is 19.3. The molecule has 0 spiro atoms. The largest absolute Gasteiger partial charge is 0.462 e. The van der Waals surface area contributed by atoms with Gasteiger partial charge in [-0.2, -0.15) is 0 Å². The molecule has 0 saturated carbocycles. The smallest absolute Gasteiger partial charge is 0.340 e. The van der Waals surface area contributed by atoms with Gasteiger partial charge in [-0.3, -0.25) is 14.9 Å². The molecule has 11 nitrogen and oxygen atoms in total. The third-order valence-corrected chi connectivity index (χ3v) is 6.13. The summed E-state index contributed by atoms with van der Waals surface area (Å²) in [6.45, 7) is 1.94. The molecular weight excluding hydrogens is 482 g/mol. The molecule has 4 rings (SSSR count). The molecule has 0 aliphatic heterocycles. The molecule has 4 aromatic rings. The van der Waals surface area contributed by atoms with Gasteiger partial charge in [0.25, 0.3) is 5.91 Å². The SMILES string of the molecule is CCOC(=O)c1ccccc1NC(=O)CSc1nnc(NC(=O)c2cc(-c3ccco3)on2)s1. The van der Waals surface area contributed by atoms with Crippen LogP contribution in [0.25, 0.3) is 11.5 Å². The molecule has 0 saturated heterocycles. The lowest BCUT2D eigenvalue weighted by molar-refractivity contribution is -0.113. The van der Waals surface area contributed by atoms with Crippen LogP contribution < -0.4 is 10.6 Å². The Morgan fingerprint density at radius 3 is 2.74 bits per heavy atom. The van der Waals surface area contributed by atoms with Gasteiger partial charge in [-0.15, -0.1) is 10.2 Å². The minimum Gasteiger partial charge on any atom is -0.462 e. The highest BCUT2D eigenvalue weighted by Gasteiger charge is 2.18. The fourth-order valence-corrected chi connectivity index (χ4v) is 4.24. The van der Waals surface area contributed by atoms with Gasteiger partial charge in [-0.05, 0) is 31.2 Å². The van der Waals surface area contributed by atoms with Gasteiger partial charge in [0.15, 0.2) is 15.8 Å². The molecule has 2 amide bonds. The molecule has 0 unspecified atom stereocenters. The van der Waals surface area contributed by atoms with Crippen molar-refractivity contribution in [1.29, 1.82) is 0 Å². The van der Waals surface area contributed by atoms with E-state index in [0.29, 0.717) is 21.5 Å². The molecule has 0 fully saturated rings. The van der Waals surface area contributed by atoms with E-state index in [9.17, 15) is 14.4 Å². The summed E-state index contributed by atoms with van der Waals surface area (Å²) in [5, 5.41) is 17.1. The van der Waals surface area contributed by atoms with Crippen molar-refractivity contribution >= 4 is 51.7 Å². The first-order chi connectivity index (χ1) is 16.5. The Labute approximate surface area is 200 Å². The summed E-state index contributed by atoms with van der Waals surface area (Å²) in [6, 6.07) is 11.4. The zero-order chi connectivity index (χ0) is 23.9. The van der Waals surface area contributed by atoms with Crippen molar-refractivity contribution in [1.82, 2.24) is 15.4 Å². The topological polar surface area (TPSA) is 149 Å². The van der Waals surface area contributed by atoms with Crippen LogP contribution in [0.2, 0.25) is 0 Å². The Morgan fingerprint density at radius 2 is 1.94 bits per heavy atom. The first-order valence-corrected chi connectivity index (χ1v) is 11.7. The average Bonchev–Trinajstić information content (AvgIpc) is 3.60. The number of carbonyl (C=O) groups excluding carboxylic acids is 3. The molecule has 3 heterocycles. The summed E-state index contributed by atoms with van der Waals surface area (Å²) >= 11 is 2.24. The summed E-state index contributed by atoms with van der Waals surface area (Å²) in [4.78, 5) is 36.8. The van der Waals surface area contributed by atoms with E-state index in [2.05, 4.69) is 26.0 Å². The van der Waals surface area contributed by atoms with E-state index in [1.165, 1.54) is 12.3 Å². The Balaban J connectivity index is 1.30. The van der Waals surface area contributed by atoms with Gasteiger partial charge in [0.2, 0.25) is 16.8 Å². The molecule has 0 atom stereocenters. The summed E-state index contributed by atoms with van der Waals surface area (Å²) in [5.41, 5.74) is 0.681. The predicted octanol–water partition coefficient (Wildman–Crippen LogP) is 3.95. The predicted molar refractivity (Wildman–Crippen MR) is 124 cm³/mol. The fourth-order valence-electron chi connectivity index (χ4n) is 2.69. The van der Waals surface area contributed by atoms with Crippen LogP contribution in [-0.4, -0.2) is 45.5 Å². The third kappa shape index (κ3) is 5.68. The van der Waals surface area contributed by atoms with E-state index in [4.69, 9.17) is 13.7 Å². The van der Waals surface area contributed by atoms with Crippen LogP contribution in [0.1, 0.15) is 27.8 Å². The number of aromatic nitrogens is 3. The number of hydrogen-bond donors (Lipinski definition) is 2. The van der Waals surface area contributed by atoms with Crippen molar-refractivity contribution < 1.29 is 28.1 Å². The van der Waals surface area contributed by atoms with E-state index >= 15 is 0 Å². The lowest BCUT2D eigenvalue weighted by Gasteiger charge is -2.09. The number of nitrogens with one attached hydrogen (secondary N) is 2. The highest BCUT2D eigenvalue weighted by atomic mass is 32.2. The highest BCUT2D eigenvalue weighted by Crippen LogP contribution is 2.27. The Hall–Kier alpha value is -3.97. The Bertz CT molecular complexity index is 1300. The number of esters is 1. The number of furan rings is 1. The molecule has 0 radical (unpaired) electrons. The summed E-state index contributed by atoms with van der Waals surface area (Å²) in [5.74, 6) is -0.587. The molecule has 13 heteroatoms. The van der Waals surface area contributed by atoms with Crippen LogP contribution in [-0.2, 0) is 9.53 Å². The van der Waals surface area contributed by atoms with Crippen molar-refractivity contribution in [3.8, 4) is 11.5 Å². The van der Waals surface area contributed by atoms with Gasteiger partial charge in [0.1, 0.15) is 0 Å². The maximum atomic E-state index is 12.4. The summed E-state index contributed by atoms with van der Waals surface area (Å²) in [7, 11) is 0. The number of thioether (sulfide) groups is 1. The molecule has 0 aliphatic carbocycles. The Morgan fingerprint density at radius 1 is 1.09 bits per heavy atom. The number of carbonyl (C=O) groups is 3. The number of anilines is 2. The van der Waals surface area contributed by atoms with Crippen molar-refractivity contribution in [3.63, 3.8) is 0 Å². The first-order valence-electron chi connectivity index (χ1n) is 9.87. The highest BCUT2D eigenvalue weighted by molar-refractivity contribution is 8.01. The van der Waals surface area contributed by atoms with Crippen molar-refractivity contribution in [3.05, 3.63) is 60.0 Å². The van der Waals surface area contributed by atoms with Crippen LogP contribution in [0.3, 0.4) is 0 Å². The maximum absolute atomic E-state index is 12.4. The number of para-hydroxylation sites is 1. The van der Waals surface area contributed by atoms with Gasteiger partial charge in [0.05, 0.1) is 29.9 Å².